The van der Waals surface area contributed by atoms with Crippen molar-refractivity contribution < 1.29 is 14.3 Å². The summed E-state index contributed by atoms with van der Waals surface area (Å²) in [5, 5.41) is 0.551. The number of esters is 1. The molecule has 1 amide bonds. The van der Waals surface area contributed by atoms with Crippen LogP contribution in [0.15, 0.2) is 83.0 Å². The van der Waals surface area contributed by atoms with E-state index in [0.717, 1.165) is 10.7 Å². The highest BCUT2D eigenvalue weighted by atomic mass is 32.2. The van der Waals surface area contributed by atoms with Crippen LogP contribution in [0.3, 0.4) is 0 Å². The topological polar surface area (TPSA) is 75.6 Å². The highest BCUT2D eigenvalue weighted by Gasteiger charge is 2.23. The van der Waals surface area contributed by atoms with Gasteiger partial charge in [-0.1, -0.05) is 36.0 Å². The van der Waals surface area contributed by atoms with E-state index in [9.17, 15) is 9.59 Å². The SMILES string of the molecule is O=C(OCC(=O)N1CCN(c2ccccn2)CC1)c1cccnc1Sc1ccccc1. The van der Waals surface area contributed by atoms with Crippen molar-refractivity contribution in [2.24, 2.45) is 0 Å². The van der Waals surface area contributed by atoms with Gasteiger partial charge in [0.2, 0.25) is 0 Å². The van der Waals surface area contributed by atoms with E-state index in [1.165, 1.54) is 11.8 Å². The van der Waals surface area contributed by atoms with Gasteiger partial charge in [-0.3, -0.25) is 4.79 Å². The van der Waals surface area contributed by atoms with Gasteiger partial charge in [0.25, 0.3) is 5.91 Å². The van der Waals surface area contributed by atoms with Crippen LogP contribution in [0.1, 0.15) is 10.4 Å². The summed E-state index contributed by atoms with van der Waals surface area (Å²) in [5.41, 5.74) is 0.351. The molecule has 0 aliphatic carbocycles. The molecule has 1 fully saturated rings. The van der Waals surface area contributed by atoms with Crippen LogP contribution < -0.4 is 4.90 Å². The summed E-state index contributed by atoms with van der Waals surface area (Å²) in [6, 6.07) is 18.8. The number of hydrogen-bond acceptors (Lipinski definition) is 7. The zero-order valence-corrected chi connectivity index (χ0v) is 17.7. The lowest BCUT2D eigenvalue weighted by Crippen LogP contribution is -2.50. The van der Waals surface area contributed by atoms with Crippen molar-refractivity contribution in [1.82, 2.24) is 14.9 Å². The summed E-state index contributed by atoms with van der Waals surface area (Å²) in [6.07, 6.45) is 3.39. The van der Waals surface area contributed by atoms with Crippen LogP contribution in [0.25, 0.3) is 0 Å². The van der Waals surface area contributed by atoms with Gasteiger partial charge in [-0.2, -0.15) is 0 Å². The number of aromatic nitrogens is 2. The number of anilines is 1. The first kappa shape index (κ1) is 20.9. The van der Waals surface area contributed by atoms with E-state index in [0.29, 0.717) is 36.8 Å². The van der Waals surface area contributed by atoms with E-state index in [2.05, 4.69) is 14.9 Å². The van der Waals surface area contributed by atoms with E-state index in [-0.39, 0.29) is 12.5 Å². The first-order valence-corrected chi connectivity index (χ1v) is 10.8. The fourth-order valence-corrected chi connectivity index (χ4v) is 4.14. The highest BCUT2D eigenvalue weighted by Crippen LogP contribution is 2.28. The summed E-state index contributed by atoms with van der Waals surface area (Å²) >= 11 is 1.38. The molecule has 7 nitrogen and oxygen atoms in total. The van der Waals surface area contributed by atoms with Crippen LogP contribution in [0.5, 0.6) is 0 Å². The Bertz CT molecular complexity index is 1030. The molecule has 3 heterocycles. The fourth-order valence-electron chi connectivity index (χ4n) is 3.25. The molecular formula is C23H22N4O3S. The summed E-state index contributed by atoms with van der Waals surface area (Å²) in [4.78, 5) is 38.6. The van der Waals surface area contributed by atoms with Crippen molar-refractivity contribution >= 4 is 29.5 Å². The number of nitrogens with zero attached hydrogens (tertiary/aromatic N) is 4. The number of rotatable bonds is 6. The molecule has 1 saturated heterocycles. The number of ether oxygens (including phenoxy) is 1. The quantitative estimate of drug-likeness (QED) is 0.552. The van der Waals surface area contributed by atoms with Crippen LogP contribution in [0.2, 0.25) is 0 Å². The van der Waals surface area contributed by atoms with Gasteiger partial charge in [0.1, 0.15) is 10.8 Å². The smallest absolute Gasteiger partial charge is 0.341 e. The van der Waals surface area contributed by atoms with Crippen LogP contribution in [-0.2, 0) is 9.53 Å². The third-order valence-electron chi connectivity index (χ3n) is 4.88. The Labute approximate surface area is 185 Å². The molecule has 31 heavy (non-hydrogen) atoms. The number of hydrogen-bond donors (Lipinski definition) is 0. The summed E-state index contributed by atoms with van der Waals surface area (Å²) < 4.78 is 5.32. The molecule has 1 aliphatic rings. The van der Waals surface area contributed by atoms with Gasteiger partial charge in [0.05, 0.1) is 5.56 Å². The molecule has 0 unspecified atom stereocenters. The number of piperazine rings is 1. The Morgan fingerprint density at radius 3 is 2.35 bits per heavy atom. The molecule has 158 valence electrons. The predicted molar refractivity (Wildman–Crippen MR) is 118 cm³/mol. The van der Waals surface area contributed by atoms with E-state index < -0.39 is 5.97 Å². The maximum absolute atomic E-state index is 12.6. The number of benzene rings is 1. The highest BCUT2D eigenvalue weighted by molar-refractivity contribution is 7.99. The lowest BCUT2D eigenvalue weighted by Gasteiger charge is -2.35. The molecule has 1 aromatic carbocycles. The predicted octanol–water partition coefficient (Wildman–Crippen LogP) is 3.13. The van der Waals surface area contributed by atoms with Gasteiger partial charge in [-0.05, 0) is 36.4 Å². The van der Waals surface area contributed by atoms with Crippen molar-refractivity contribution in [3.63, 3.8) is 0 Å². The molecule has 0 spiro atoms. The molecule has 0 saturated carbocycles. The molecule has 1 aliphatic heterocycles. The molecule has 3 aromatic rings. The van der Waals surface area contributed by atoms with Crippen molar-refractivity contribution in [2.75, 3.05) is 37.7 Å². The largest absolute Gasteiger partial charge is 0.452 e. The monoisotopic (exact) mass is 434 g/mol. The molecule has 4 rings (SSSR count). The molecular weight excluding hydrogens is 412 g/mol. The van der Waals surface area contributed by atoms with Crippen molar-refractivity contribution in [1.29, 1.82) is 0 Å². The van der Waals surface area contributed by atoms with Gasteiger partial charge < -0.3 is 14.5 Å². The number of amides is 1. The van der Waals surface area contributed by atoms with Crippen molar-refractivity contribution in [3.8, 4) is 0 Å². The van der Waals surface area contributed by atoms with Crippen LogP contribution in [0.4, 0.5) is 5.82 Å². The summed E-state index contributed by atoms with van der Waals surface area (Å²) in [5.74, 6) is 0.156. The van der Waals surface area contributed by atoms with E-state index in [4.69, 9.17) is 4.74 Å². The number of carbonyl (C=O) groups is 2. The van der Waals surface area contributed by atoms with Crippen molar-refractivity contribution in [3.05, 3.63) is 78.6 Å². The Balaban J connectivity index is 1.31. The van der Waals surface area contributed by atoms with Gasteiger partial charge >= 0.3 is 5.97 Å². The zero-order chi connectivity index (χ0) is 21.5. The first-order valence-electron chi connectivity index (χ1n) is 9.99. The molecule has 8 heteroatoms. The Morgan fingerprint density at radius 1 is 0.871 bits per heavy atom. The minimum Gasteiger partial charge on any atom is -0.452 e. The third-order valence-corrected chi connectivity index (χ3v) is 5.91. The Kier molecular flexibility index (Phi) is 6.78. The minimum atomic E-state index is -0.549. The maximum Gasteiger partial charge on any atom is 0.341 e. The standard InChI is InChI=1S/C23H22N4O3S/c28-21(27-15-13-26(14-16-27)20-10-4-5-11-24-20)17-30-23(29)19-9-6-12-25-22(19)31-18-7-2-1-3-8-18/h1-12H,13-17H2. The van der Waals surface area contributed by atoms with E-state index >= 15 is 0 Å². The average Bonchev–Trinajstić information content (AvgIpc) is 2.84. The molecule has 0 atom stereocenters. The van der Waals surface area contributed by atoms with Crippen LogP contribution in [0, 0.1) is 0 Å². The fraction of sp³-hybridized carbons (Fsp3) is 0.217. The van der Waals surface area contributed by atoms with Crippen LogP contribution in [-0.4, -0.2) is 59.5 Å². The lowest BCUT2D eigenvalue weighted by atomic mass is 10.3. The lowest BCUT2D eigenvalue weighted by molar-refractivity contribution is -0.134. The average molecular weight is 435 g/mol. The molecule has 0 N–H and O–H groups in total. The summed E-state index contributed by atoms with van der Waals surface area (Å²) in [6.45, 7) is 2.23. The van der Waals surface area contributed by atoms with Gasteiger partial charge in [0, 0.05) is 43.5 Å². The van der Waals surface area contributed by atoms with E-state index in [1.807, 2.05) is 48.5 Å². The molecule has 0 bridgehead atoms. The second kappa shape index (κ2) is 10.1. The second-order valence-electron chi connectivity index (χ2n) is 6.90. The zero-order valence-electron chi connectivity index (χ0n) is 16.9. The van der Waals surface area contributed by atoms with E-state index in [1.54, 1.807) is 29.4 Å². The third kappa shape index (κ3) is 5.40. The van der Waals surface area contributed by atoms with Gasteiger partial charge in [0.15, 0.2) is 6.61 Å². The normalized spacial score (nSPS) is 13.7. The first-order chi connectivity index (χ1) is 15.2. The maximum atomic E-state index is 12.6. The van der Waals surface area contributed by atoms with Crippen molar-refractivity contribution in [2.45, 2.75) is 9.92 Å². The number of pyridine rings is 2. The number of carbonyl (C=O) groups excluding carboxylic acids is 2. The van der Waals surface area contributed by atoms with Crippen LogP contribution >= 0.6 is 11.8 Å². The molecule has 2 aromatic heterocycles. The van der Waals surface area contributed by atoms with Gasteiger partial charge in [-0.25, -0.2) is 14.8 Å². The molecule has 0 radical (unpaired) electrons. The van der Waals surface area contributed by atoms with Gasteiger partial charge in [-0.15, -0.1) is 0 Å². The Morgan fingerprint density at radius 2 is 1.61 bits per heavy atom. The Hall–Kier alpha value is -3.39. The minimum absolute atomic E-state index is 0.199. The summed E-state index contributed by atoms with van der Waals surface area (Å²) in [7, 11) is 0. The second-order valence-corrected chi connectivity index (χ2v) is 7.97.